The van der Waals surface area contributed by atoms with Crippen LogP contribution in [0.3, 0.4) is 0 Å². The van der Waals surface area contributed by atoms with Crippen molar-refractivity contribution in [2.24, 2.45) is 5.92 Å². The lowest BCUT2D eigenvalue weighted by Crippen LogP contribution is -2.41. The predicted molar refractivity (Wildman–Crippen MR) is 131 cm³/mol. The Kier molecular flexibility index (Phi) is 7.70. The van der Waals surface area contributed by atoms with Crippen molar-refractivity contribution < 1.29 is 24.1 Å². The van der Waals surface area contributed by atoms with Gasteiger partial charge < -0.3 is 19.3 Å². The first-order chi connectivity index (χ1) is 16.6. The van der Waals surface area contributed by atoms with E-state index in [1.54, 1.807) is 14.2 Å². The van der Waals surface area contributed by atoms with Crippen LogP contribution in [0.1, 0.15) is 35.6 Å². The quantitative estimate of drug-likeness (QED) is 0.474. The van der Waals surface area contributed by atoms with E-state index in [2.05, 4.69) is 4.90 Å². The molecule has 0 aliphatic carbocycles. The van der Waals surface area contributed by atoms with E-state index in [0.29, 0.717) is 31.1 Å². The van der Waals surface area contributed by atoms with Crippen molar-refractivity contribution >= 4 is 5.97 Å². The van der Waals surface area contributed by atoms with Crippen molar-refractivity contribution in [1.29, 1.82) is 0 Å². The summed E-state index contributed by atoms with van der Waals surface area (Å²) in [5.41, 5.74) is 3.04. The highest BCUT2D eigenvalue weighted by Gasteiger charge is 2.34. The fourth-order valence-electron chi connectivity index (χ4n) is 4.64. The highest BCUT2D eigenvalue weighted by Crippen LogP contribution is 2.42. The Morgan fingerprint density at radius 2 is 1.65 bits per heavy atom. The molecule has 0 saturated carbocycles. The van der Waals surface area contributed by atoms with Crippen LogP contribution in [0.2, 0.25) is 0 Å². The zero-order valence-electron chi connectivity index (χ0n) is 19.6. The minimum Gasteiger partial charge on any atom is -0.496 e. The third-order valence-corrected chi connectivity index (χ3v) is 6.35. The molecular formula is C28H31NO5. The lowest BCUT2D eigenvalue weighted by molar-refractivity contribution is -0.143. The number of hydrogen-bond donors (Lipinski definition) is 1. The smallest absolute Gasteiger partial charge is 0.307 e. The standard InChI is InChI=1S/C28H31NO5/c1-32-24-11-6-12-25(33-2)26(24)27(29-17-7-10-22(18-29)28(30)31)21-13-15-23(16-14-21)34-19-20-8-4-3-5-9-20/h3-6,8-9,11-16,22,27H,7,10,17-19H2,1-2H3,(H,30,31). The molecule has 1 N–H and O–H groups in total. The number of piperidine rings is 1. The number of ether oxygens (including phenoxy) is 3. The molecule has 0 radical (unpaired) electrons. The van der Waals surface area contributed by atoms with Gasteiger partial charge in [0.15, 0.2) is 0 Å². The summed E-state index contributed by atoms with van der Waals surface area (Å²) in [5, 5.41) is 9.68. The second-order valence-corrected chi connectivity index (χ2v) is 8.49. The summed E-state index contributed by atoms with van der Waals surface area (Å²) in [4.78, 5) is 14.0. The minimum atomic E-state index is -0.750. The van der Waals surface area contributed by atoms with Crippen LogP contribution in [-0.4, -0.2) is 43.3 Å². The van der Waals surface area contributed by atoms with Gasteiger partial charge in [0.05, 0.1) is 31.7 Å². The lowest BCUT2D eigenvalue weighted by atomic mass is 9.90. The second kappa shape index (κ2) is 11.1. The molecule has 2 atom stereocenters. The molecule has 1 aliphatic heterocycles. The molecule has 178 valence electrons. The SMILES string of the molecule is COc1cccc(OC)c1C(c1ccc(OCc2ccccc2)cc1)N1CCCC(C(=O)O)C1. The summed E-state index contributed by atoms with van der Waals surface area (Å²) in [7, 11) is 3.29. The molecule has 34 heavy (non-hydrogen) atoms. The van der Waals surface area contributed by atoms with Gasteiger partial charge in [-0.3, -0.25) is 9.69 Å². The number of hydrogen-bond acceptors (Lipinski definition) is 5. The van der Waals surface area contributed by atoms with Crippen LogP contribution in [0.5, 0.6) is 17.2 Å². The van der Waals surface area contributed by atoms with Gasteiger partial charge in [-0.15, -0.1) is 0 Å². The molecule has 2 unspecified atom stereocenters. The number of rotatable bonds is 9. The maximum absolute atomic E-state index is 11.8. The zero-order valence-corrected chi connectivity index (χ0v) is 19.6. The van der Waals surface area contributed by atoms with Crippen molar-refractivity contribution in [3.63, 3.8) is 0 Å². The molecule has 0 amide bonds. The molecule has 1 fully saturated rings. The Labute approximate surface area is 200 Å². The Balaban J connectivity index is 1.67. The van der Waals surface area contributed by atoms with Crippen molar-refractivity contribution in [2.45, 2.75) is 25.5 Å². The van der Waals surface area contributed by atoms with Gasteiger partial charge in [-0.1, -0.05) is 48.5 Å². The van der Waals surface area contributed by atoms with E-state index in [9.17, 15) is 9.90 Å². The Morgan fingerprint density at radius 1 is 0.971 bits per heavy atom. The molecular weight excluding hydrogens is 430 g/mol. The van der Waals surface area contributed by atoms with Crippen LogP contribution in [0, 0.1) is 5.92 Å². The topological polar surface area (TPSA) is 68.2 Å². The van der Waals surface area contributed by atoms with E-state index < -0.39 is 11.9 Å². The van der Waals surface area contributed by atoms with Crippen LogP contribution >= 0.6 is 0 Å². The molecule has 1 saturated heterocycles. The van der Waals surface area contributed by atoms with Gasteiger partial charge in [0.1, 0.15) is 23.9 Å². The van der Waals surface area contributed by atoms with E-state index in [-0.39, 0.29) is 6.04 Å². The molecule has 4 rings (SSSR count). The molecule has 0 aromatic heterocycles. The van der Waals surface area contributed by atoms with Crippen LogP contribution in [0.25, 0.3) is 0 Å². The predicted octanol–water partition coefficient (Wildman–Crippen LogP) is 5.17. The summed E-state index contributed by atoms with van der Waals surface area (Å²) in [6.45, 7) is 1.76. The molecule has 0 bridgehead atoms. The number of carbonyl (C=O) groups is 1. The number of carboxylic acids is 1. The second-order valence-electron chi connectivity index (χ2n) is 8.49. The van der Waals surface area contributed by atoms with Gasteiger partial charge >= 0.3 is 5.97 Å². The van der Waals surface area contributed by atoms with Crippen LogP contribution in [0.4, 0.5) is 0 Å². The van der Waals surface area contributed by atoms with Gasteiger partial charge in [0, 0.05) is 6.54 Å². The maximum atomic E-state index is 11.8. The van der Waals surface area contributed by atoms with Crippen LogP contribution in [0.15, 0.2) is 72.8 Å². The molecule has 0 spiro atoms. The Hall–Kier alpha value is -3.51. The van der Waals surface area contributed by atoms with E-state index >= 15 is 0 Å². The monoisotopic (exact) mass is 461 g/mol. The van der Waals surface area contributed by atoms with Crippen LogP contribution in [-0.2, 0) is 11.4 Å². The average Bonchev–Trinajstić information content (AvgIpc) is 2.89. The first kappa shape index (κ1) is 23.6. The van der Waals surface area contributed by atoms with Crippen molar-refractivity contribution in [3.05, 3.63) is 89.5 Å². The molecule has 1 heterocycles. The fraction of sp³-hybridized carbons (Fsp3) is 0.321. The molecule has 1 aliphatic rings. The Bertz CT molecular complexity index is 1060. The molecule has 3 aromatic carbocycles. The van der Waals surface area contributed by atoms with Gasteiger partial charge in [-0.25, -0.2) is 0 Å². The largest absolute Gasteiger partial charge is 0.496 e. The molecule has 6 nitrogen and oxygen atoms in total. The number of methoxy groups -OCH3 is 2. The van der Waals surface area contributed by atoms with E-state index in [1.165, 1.54) is 0 Å². The van der Waals surface area contributed by atoms with Gasteiger partial charge in [-0.05, 0) is 54.8 Å². The first-order valence-corrected chi connectivity index (χ1v) is 11.5. The highest BCUT2D eigenvalue weighted by atomic mass is 16.5. The summed E-state index contributed by atoms with van der Waals surface area (Å²) < 4.78 is 17.4. The van der Waals surface area contributed by atoms with Crippen molar-refractivity contribution in [2.75, 3.05) is 27.3 Å². The third-order valence-electron chi connectivity index (χ3n) is 6.35. The molecule has 6 heteroatoms. The lowest BCUT2D eigenvalue weighted by Gasteiger charge is -2.38. The number of benzene rings is 3. The van der Waals surface area contributed by atoms with E-state index in [0.717, 1.165) is 35.4 Å². The first-order valence-electron chi connectivity index (χ1n) is 11.5. The summed E-state index contributed by atoms with van der Waals surface area (Å²) in [6.07, 6.45) is 1.51. The number of aliphatic carboxylic acids is 1. The normalized spacial score (nSPS) is 17.1. The third kappa shape index (κ3) is 5.34. The van der Waals surface area contributed by atoms with Crippen molar-refractivity contribution in [3.8, 4) is 17.2 Å². The van der Waals surface area contributed by atoms with E-state index in [4.69, 9.17) is 14.2 Å². The Morgan fingerprint density at radius 3 is 2.26 bits per heavy atom. The minimum absolute atomic E-state index is 0.212. The van der Waals surface area contributed by atoms with E-state index in [1.807, 2.05) is 72.8 Å². The average molecular weight is 462 g/mol. The number of likely N-dealkylation sites (tertiary alicyclic amines) is 1. The van der Waals surface area contributed by atoms with Gasteiger partial charge in [-0.2, -0.15) is 0 Å². The summed E-state index contributed by atoms with van der Waals surface area (Å²) >= 11 is 0. The number of carboxylic acid groups (broad SMARTS) is 1. The fourth-order valence-corrected chi connectivity index (χ4v) is 4.64. The number of nitrogens with zero attached hydrogens (tertiary/aromatic N) is 1. The summed E-state index contributed by atoms with van der Waals surface area (Å²) in [5.74, 6) is 1.06. The molecule has 3 aromatic rings. The van der Waals surface area contributed by atoms with Gasteiger partial charge in [0.25, 0.3) is 0 Å². The van der Waals surface area contributed by atoms with Gasteiger partial charge in [0.2, 0.25) is 0 Å². The maximum Gasteiger partial charge on any atom is 0.307 e. The zero-order chi connectivity index (χ0) is 23.9. The highest BCUT2D eigenvalue weighted by molar-refractivity contribution is 5.70. The van der Waals surface area contributed by atoms with Crippen LogP contribution < -0.4 is 14.2 Å². The summed E-state index contributed by atoms with van der Waals surface area (Å²) in [6, 6.07) is 23.6. The van der Waals surface area contributed by atoms with Crippen molar-refractivity contribution in [1.82, 2.24) is 4.90 Å².